The zero-order valence-electron chi connectivity index (χ0n) is 6.45. The van der Waals surface area contributed by atoms with Crippen LogP contribution in [0.5, 0.6) is 5.75 Å². The van der Waals surface area contributed by atoms with Crippen molar-refractivity contribution in [3.8, 4) is 5.75 Å². The van der Waals surface area contributed by atoms with Gasteiger partial charge in [0.2, 0.25) is 0 Å². The molecule has 2 N–H and O–H groups in total. The molecule has 1 aromatic rings. The summed E-state index contributed by atoms with van der Waals surface area (Å²) in [7, 11) is -4.52. The summed E-state index contributed by atoms with van der Waals surface area (Å²) in [6, 6.07) is 3.05. The smallest absolute Gasteiger partial charge is 0.403 e. The first-order valence-corrected chi connectivity index (χ1v) is 7.11. The van der Waals surface area contributed by atoms with Crippen LogP contribution in [0.3, 0.4) is 0 Å². The molecule has 1 rings (SSSR count). The zero-order valence-corrected chi connectivity index (χ0v) is 12.1. The van der Waals surface area contributed by atoms with Crippen LogP contribution in [-0.2, 0) is 4.57 Å². The Balaban J connectivity index is 3.12. The standard InChI is InChI=1S/C6H4Br3O4P/c7-3-1-2-4(6(9)5(3)8)13-14(10,11)12/h1-2H,(H2,10,11,12). The van der Waals surface area contributed by atoms with Gasteiger partial charge in [0.05, 0.1) is 4.47 Å². The Kier molecular flexibility index (Phi) is 4.20. The number of hydrogen-bond donors (Lipinski definition) is 2. The third-order valence-corrected chi connectivity index (χ3v) is 4.99. The molecule has 14 heavy (non-hydrogen) atoms. The molecular weight excluding hydrogens is 407 g/mol. The van der Waals surface area contributed by atoms with Crippen molar-refractivity contribution in [1.29, 1.82) is 0 Å². The van der Waals surface area contributed by atoms with E-state index in [-0.39, 0.29) is 5.75 Å². The third kappa shape index (κ3) is 3.32. The Bertz CT molecular complexity index is 402. The monoisotopic (exact) mass is 408 g/mol. The summed E-state index contributed by atoms with van der Waals surface area (Å²) in [6.45, 7) is 0. The van der Waals surface area contributed by atoms with Crippen molar-refractivity contribution in [2.75, 3.05) is 0 Å². The summed E-state index contributed by atoms with van der Waals surface area (Å²) in [4.78, 5) is 17.2. The third-order valence-electron chi connectivity index (χ3n) is 1.22. The van der Waals surface area contributed by atoms with Crippen LogP contribution in [0.2, 0.25) is 0 Å². The van der Waals surface area contributed by atoms with Crippen molar-refractivity contribution in [2.45, 2.75) is 0 Å². The van der Waals surface area contributed by atoms with Gasteiger partial charge in [-0.15, -0.1) is 0 Å². The van der Waals surface area contributed by atoms with E-state index in [1.807, 2.05) is 0 Å². The first-order chi connectivity index (χ1) is 6.31. The van der Waals surface area contributed by atoms with Crippen LogP contribution in [0.25, 0.3) is 0 Å². The van der Waals surface area contributed by atoms with Crippen LogP contribution in [0, 0.1) is 0 Å². The molecule has 0 unspecified atom stereocenters. The molecule has 0 amide bonds. The summed E-state index contributed by atoms with van der Waals surface area (Å²) >= 11 is 9.58. The minimum absolute atomic E-state index is 0.0772. The van der Waals surface area contributed by atoms with E-state index < -0.39 is 7.82 Å². The highest BCUT2D eigenvalue weighted by Gasteiger charge is 2.19. The van der Waals surface area contributed by atoms with E-state index in [9.17, 15) is 4.57 Å². The van der Waals surface area contributed by atoms with E-state index in [4.69, 9.17) is 9.79 Å². The largest absolute Gasteiger partial charge is 0.524 e. The Hall–Kier alpha value is 0.610. The van der Waals surface area contributed by atoms with Crippen molar-refractivity contribution in [3.63, 3.8) is 0 Å². The molecule has 0 fully saturated rings. The molecule has 0 heterocycles. The second kappa shape index (κ2) is 4.63. The van der Waals surface area contributed by atoms with Crippen molar-refractivity contribution in [3.05, 3.63) is 25.6 Å². The maximum Gasteiger partial charge on any atom is 0.524 e. The van der Waals surface area contributed by atoms with E-state index in [1.165, 1.54) is 6.07 Å². The lowest BCUT2D eigenvalue weighted by Gasteiger charge is -2.10. The number of hydrogen-bond acceptors (Lipinski definition) is 2. The van der Waals surface area contributed by atoms with E-state index in [2.05, 4.69) is 52.3 Å². The Morgan fingerprint density at radius 1 is 1.14 bits per heavy atom. The fourth-order valence-electron chi connectivity index (χ4n) is 0.707. The molecule has 78 valence electrons. The molecule has 0 spiro atoms. The first-order valence-electron chi connectivity index (χ1n) is 3.20. The summed E-state index contributed by atoms with van der Waals surface area (Å²) in [6.07, 6.45) is 0. The Morgan fingerprint density at radius 2 is 1.71 bits per heavy atom. The number of phosphoric acid groups is 1. The van der Waals surface area contributed by atoms with Gasteiger partial charge < -0.3 is 4.52 Å². The SMILES string of the molecule is O=P(O)(O)Oc1ccc(Br)c(Br)c1Br. The lowest BCUT2D eigenvalue weighted by Crippen LogP contribution is -1.91. The number of rotatable bonds is 2. The van der Waals surface area contributed by atoms with Crippen LogP contribution in [0.4, 0.5) is 0 Å². The van der Waals surface area contributed by atoms with Crippen LogP contribution >= 0.6 is 55.6 Å². The average Bonchev–Trinajstić information content (AvgIpc) is 2.04. The molecule has 0 saturated carbocycles. The molecule has 8 heteroatoms. The molecule has 0 bridgehead atoms. The van der Waals surface area contributed by atoms with Gasteiger partial charge in [0.15, 0.2) is 0 Å². The van der Waals surface area contributed by atoms with Gasteiger partial charge >= 0.3 is 7.82 Å². The normalized spacial score (nSPS) is 11.5. The fourth-order valence-corrected chi connectivity index (χ4v) is 2.59. The molecule has 0 atom stereocenters. The van der Waals surface area contributed by atoms with E-state index in [0.717, 1.165) is 4.47 Å². The van der Waals surface area contributed by atoms with E-state index >= 15 is 0 Å². The second-order valence-electron chi connectivity index (χ2n) is 2.26. The van der Waals surface area contributed by atoms with Gasteiger partial charge in [0, 0.05) is 8.95 Å². The van der Waals surface area contributed by atoms with Crippen molar-refractivity contribution in [2.24, 2.45) is 0 Å². The van der Waals surface area contributed by atoms with Gasteiger partial charge in [-0.3, -0.25) is 9.79 Å². The summed E-state index contributed by atoms with van der Waals surface area (Å²) in [5.41, 5.74) is 0. The van der Waals surface area contributed by atoms with Crippen molar-refractivity contribution >= 4 is 55.6 Å². The second-order valence-corrected chi connectivity index (χ2v) is 5.86. The molecule has 0 aliphatic rings. The first kappa shape index (κ1) is 12.7. The maximum atomic E-state index is 10.6. The van der Waals surface area contributed by atoms with Crippen LogP contribution < -0.4 is 4.52 Å². The van der Waals surface area contributed by atoms with Crippen molar-refractivity contribution < 1.29 is 18.9 Å². The van der Waals surface area contributed by atoms with Crippen LogP contribution in [0.15, 0.2) is 25.6 Å². The molecule has 0 aliphatic carbocycles. The molecule has 0 saturated heterocycles. The minimum atomic E-state index is -4.52. The molecule has 0 aliphatic heterocycles. The lowest BCUT2D eigenvalue weighted by atomic mass is 10.3. The summed E-state index contributed by atoms with van der Waals surface area (Å²) < 4.78 is 16.8. The fraction of sp³-hybridized carbons (Fsp3) is 0. The number of halogens is 3. The highest BCUT2D eigenvalue weighted by molar-refractivity contribution is 9.14. The topological polar surface area (TPSA) is 66.8 Å². The van der Waals surface area contributed by atoms with Gasteiger partial charge in [-0.2, -0.15) is 0 Å². The van der Waals surface area contributed by atoms with E-state index in [1.54, 1.807) is 6.07 Å². The Labute approximate surface area is 105 Å². The van der Waals surface area contributed by atoms with E-state index in [0.29, 0.717) is 8.95 Å². The highest BCUT2D eigenvalue weighted by atomic mass is 79.9. The zero-order chi connectivity index (χ0) is 10.9. The van der Waals surface area contributed by atoms with Crippen LogP contribution in [-0.4, -0.2) is 9.79 Å². The number of phosphoric ester groups is 1. The van der Waals surface area contributed by atoms with Gasteiger partial charge in [0.1, 0.15) is 5.75 Å². The van der Waals surface area contributed by atoms with Crippen LogP contribution in [0.1, 0.15) is 0 Å². The maximum absolute atomic E-state index is 10.6. The highest BCUT2D eigenvalue weighted by Crippen LogP contribution is 2.44. The van der Waals surface area contributed by atoms with Gasteiger partial charge in [0.25, 0.3) is 0 Å². The Morgan fingerprint density at radius 3 is 2.21 bits per heavy atom. The lowest BCUT2D eigenvalue weighted by molar-refractivity contribution is 0.282. The van der Waals surface area contributed by atoms with Gasteiger partial charge in [-0.05, 0) is 59.9 Å². The minimum Gasteiger partial charge on any atom is -0.403 e. The quantitative estimate of drug-likeness (QED) is 0.579. The predicted molar refractivity (Wildman–Crippen MR) is 62.2 cm³/mol. The molecule has 1 aromatic carbocycles. The summed E-state index contributed by atoms with van der Waals surface area (Å²) in [5.74, 6) is 0.0772. The number of benzene rings is 1. The molecule has 4 nitrogen and oxygen atoms in total. The molecular formula is C6H4Br3O4P. The summed E-state index contributed by atoms with van der Waals surface area (Å²) in [5, 5.41) is 0. The molecule has 0 radical (unpaired) electrons. The molecule has 0 aromatic heterocycles. The predicted octanol–water partition coefficient (Wildman–Crippen LogP) is 3.45. The van der Waals surface area contributed by atoms with Gasteiger partial charge in [-0.25, -0.2) is 4.57 Å². The van der Waals surface area contributed by atoms with Crippen molar-refractivity contribution in [1.82, 2.24) is 0 Å². The van der Waals surface area contributed by atoms with Gasteiger partial charge in [-0.1, -0.05) is 0 Å². The average molecular weight is 411 g/mol.